The number of aryl methyl sites for hydroxylation is 1. The Kier molecular flexibility index (Phi) is 3.43. The number of hydrogen-bond acceptors (Lipinski definition) is 2. The van der Waals surface area contributed by atoms with Crippen LogP contribution in [0.5, 0.6) is 0 Å². The predicted octanol–water partition coefficient (Wildman–Crippen LogP) is 2.20. The van der Waals surface area contributed by atoms with Crippen molar-refractivity contribution in [2.75, 3.05) is 5.32 Å². The topological polar surface area (TPSA) is 55.1 Å². The van der Waals surface area contributed by atoms with E-state index in [-0.39, 0.29) is 17.8 Å². The summed E-state index contributed by atoms with van der Waals surface area (Å²) in [7, 11) is 0. The Morgan fingerprint density at radius 1 is 1.59 bits per heavy atom. The molecule has 0 bridgehead atoms. The summed E-state index contributed by atoms with van der Waals surface area (Å²) in [5.74, 6) is 0.00449. The molecule has 1 unspecified atom stereocenters. The van der Waals surface area contributed by atoms with E-state index >= 15 is 0 Å². The van der Waals surface area contributed by atoms with Gasteiger partial charge < -0.3 is 11.1 Å². The molecule has 17 heavy (non-hydrogen) atoms. The van der Waals surface area contributed by atoms with E-state index in [0.717, 1.165) is 18.4 Å². The summed E-state index contributed by atoms with van der Waals surface area (Å²) in [6, 6.07) is 4.28. The number of nitrogens with two attached hydrogens (primary N) is 1. The molecule has 1 aliphatic carbocycles. The highest BCUT2D eigenvalue weighted by molar-refractivity contribution is 5.91. The molecule has 0 aliphatic heterocycles. The normalized spacial score (nSPS) is 16.6. The quantitative estimate of drug-likeness (QED) is 0.842. The molecule has 3 N–H and O–H groups in total. The third kappa shape index (κ3) is 3.27. The van der Waals surface area contributed by atoms with Gasteiger partial charge in [0.2, 0.25) is 5.91 Å². The van der Waals surface area contributed by atoms with E-state index in [4.69, 9.17) is 5.73 Å². The van der Waals surface area contributed by atoms with Crippen LogP contribution >= 0.6 is 0 Å². The van der Waals surface area contributed by atoms with Gasteiger partial charge >= 0.3 is 0 Å². The molecule has 0 radical (unpaired) electrons. The van der Waals surface area contributed by atoms with Crippen LogP contribution in [0.3, 0.4) is 0 Å². The first-order valence-corrected chi connectivity index (χ1v) is 5.88. The number of hydrogen-bond donors (Lipinski definition) is 2. The van der Waals surface area contributed by atoms with Gasteiger partial charge in [-0.1, -0.05) is 6.07 Å². The average Bonchev–Trinajstić information content (AvgIpc) is 3.06. The van der Waals surface area contributed by atoms with Gasteiger partial charge in [-0.2, -0.15) is 0 Å². The molecule has 1 atom stereocenters. The van der Waals surface area contributed by atoms with Crippen LogP contribution in [0.2, 0.25) is 0 Å². The molecular weight excluding hydrogens is 219 g/mol. The van der Waals surface area contributed by atoms with Crippen molar-refractivity contribution in [2.24, 2.45) is 11.7 Å². The third-order valence-electron chi connectivity index (χ3n) is 3.12. The van der Waals surface area contributed by atoms with E-state index in [1.165, 1.54) is 12.1 Å². The van der Waals surface area contributed by atoms with E-state index < -0.39 is 0 Å². The van der Waals surface area contributed by atoms with Crippen molar-refractivity contribution in [1.29, 1.82) is 0 Å². The fourth-order valence-electron chi connectivity index (χ4n) is 1.84. The van der Waals surface area contributed by atoms with Crippen LogP contribution < -0.4 is 11.1 Å². The van der Waals surface area contributed by atoms with Crippen LogP contribution in [0.15, 0.2) is 18.2 Å². The first-order chi connectivity index (χ1) is 8.06. The molecule has 1 saturated carbocycles. The van der Waals surface area contributed by atoms with Crippen molar-refractivity contribution in [2.45, 2.75) is 32.2 Å². The minimum Gasteiger partial charge on any atom is -0.327 e. The fourth-order valence-corrected chi connectivity index (χ4v) is 1.84. The minimum atomic E-state index is -0.350. The molecule has 92 valence electrons. The first kappa shape index (κ1) is 12.0. The maximum Gasteiger partial charge on any atom is 0.225 e. The second kappa shape index (κ2) is 4.84. The van der Waals surface area contributed by atoms with E-state index in [1.54, 1.807) is 6.07 Å². The molecule has 1 fully saturated rings. The molecule has 3 nitrogen and oxygen atoms in total. The molecule has 0 aromatic heterocycles. The molecule has 1 aromatic carbocycles. The van der Waals surface area contributed by atoms with Gasteiger partial charge in [0.25, 0.3) is 0 Å². The summed E-state index contributed by atoms with van der Waals surface area (Å²) in [6.07, 6.45) is 2.54. The summed E-state index contributed by atoms with van der Waals surface area (Å²) < 4.78 is 13.0. The zero-order valence-electron chi connectivity index (χ0n) is 9.87. The van der Waals surface area contributed by atoms with E-state index in [9.17, 15) is 9.18 Å². The van der Waals surface area contributed by atoms with Crippen molar-refractivity contribution in [3.05, 3.63) is 29.6 Å². The molecule has 1 aliphatic rings. The molecule has 2 rings (SSSR count). The number of rotatable bonds is 4. The third-order valence-corrected chi connectivity index (χ3v) is 3.12. The van der Waals surface area contributed by atoms with Crippen LogP contribution in [0.4, 0.5) is 10.1 Å². The van der Waals surface area contributed by atoms with Crippen molar-refractivity contribution >= 4 is 11.6 Å². The highest BCUT2D eigenvalue weighted by Crippen LogP contribution is 2.32. The summed E-state index contributed by atoms with van der Waals surface area (Å²) in [5.41, 5.74) is 7.24. The number of benzene rings is 1. The van der Waals surface area contributed by atoms with E-state index in [2.05, 4.69) is 5.32 Å². The van der Waals surface area contributed by atoms with Crippen LogP contribution in [0.1, 0.15) is 24.8 Å². The first-order valence-electron chi connectivity index (χ1n) is 5.88. The maximum atomic E-state index is 13.0. The van der Waals surface area contributed by atoms with Crippen molar-refractivity contribution in [3.63, 3.8) is 0 Å². The van der Waals surface area contributed by atoms with Crippen LogP contribution in [0, 0.1) is 18.7 Å². The molecule has 4 heteroatoms. The Balaban J connectivity index is 1.94. The van der Waals surface area contributed by atoms with Gasteiger partial charge in [-0.15, -0.1) is 0 Å². The molecule has 1 amide bonds. The molecule has 0 saturated heterocycles. The number of carbonyl (C=O) groups excluding carboxylic acids is 1. The molecule has 0 heterocycles. The summed E-state index contributed by atoms with van der Waals surface area (Å²) in [5, 5.41) is 2.71. The average molecular weight is 236 g/mol. The standard InChI is InChI=1S/C13H17FN2O/c1-8-2-5-10(14)6-12(8)16-13(17)7-11(15)9-3-4-9/h2,5-6,9,11H,3-4,7,15H2,1H3,(H,16,17). The lowest BCUT2D eigenvalue weighted by Gasteiger charge is -2.12. The van der Waals surface area contributed by atoms with Crippen LogP contribution in [0.25, 0.3) is 0 Å². The molecular formula is C13H17FN2O. The van der Waals surface area contributed by atoms with E-state index in [0.29, 0.717) is 18.0 Å². The largest absolute Gasteiger partial charge is 0.327 e. The smallest absolute Gasteiger partial charge is 0.225 e. The highest BCUT2D eigenvalue weighted by Gasteiger charge is 2.29. The lowest BCUT2D eigenvalue weighted by Crippen LogP contribution is -2.29. The number of amides is 1. The van der Waals surface area contributed by atoms with Crippen LogP contribution in [-0.4, -0.2) is 11.9 Å². The van der Waals surface area contributed by atoms with Gasteiger partial charge in [0.05, 0.1) is 0 Å². The number of halogens is 1. The van der Waals surface area contributed by atoms with Gasteiger partial charge in [-0.25, -0.2) is 4.39 Å². The summed E-state index contributed by atoms with van der Waals surface area (Å²) >= 11 is 0. The lowest BCUT2D eigenvalue weighted by atomic mass is 10.1. The zero-order chi connectivity index (χ0) is 12.4. The molecule has 1 aromatic rings. The van der Waals surface area contributed by atoms with Crippen molar-refractivity contribution < 1.29 is 9.18 Å². The lowest BCUT2D eigenvalue weighted by molar-refractivity contribution is -0.116. The summed E-state index contributed by atoms with van der Waals surface area (Å²) in [4.78, 5) is 11.7. The van der Waals surface area contributed by atoms with Gasteiger partial charge in [0, 0.05) is 18.2 Å². The maximum absolute atomic E-state index is 13.0. The number of anilines is 1. The fraction of sp³-hybridized carbons (Fsp3) is 0.462. The Morgan fingerprint density at radius 3 is 2.94 bits per heavy atom. The monoisotopic (exact) mass is 236 g/mol. The number of carbonyl (C=O) groups is 1. The van der Waals surface area contributed by atoms with Gasteiger partial charge in [-0.3, -0.25) is 4.79 Å². The van der Waals surface area contributed by atoms with Gasteiger partial charge in [0.1, 0.15) is 5.82 Å². The Bertz CT molecular complexity index is 429. The summed E-state index contributed by atoms with van der Waals surface area (Å²) in [6.45, 7) is 1.83. The second-order valence-corrected chi connectivity index (χ2v) is 4.71. The van der Waals surface area contributed by atoms with Crippen molar-refractivity contribution in [1.82, 2.24) is 0 Å². The zero-order valence-corrected chi connectivity index (χ0v) is 9.87. The predicted molar refractivity (Wildman–Crippen MR) is 65.1 cm³/mol. The Hall–Kier alpha value is -1.42. The highest BCUT2D eigenvalue weighted by atomic mass is 19.1. The van der Waals surface area contributed by atoms with Crippen molar-refractivity contribution in [3.8, 4) is 0 Å². The Morgan fingerprint density at radius 2 is 2.29 bits per heavy atom. The van der Waals surface area contributed by atoms with E-state index in [1.807, 2.05) is 6.92 Å². The van der Waals surface area contributed by atoms with Gasteiger partial charge in [-0.05, 0) is 43.4 Å². The van der Waals surface area contributed by atoms with Crippen LogP contribution in [-0.2, 0) is 4.79 Å². The number of nitrogens with one attached hydrogen (secondary N) is 1. The Labute approximate surface area is 100 Å². The second-order valence-electron chi connectivity index (χ2n) is 4.71. The minimum absolute atomic E-state index is 0.0659. The molecule has 0 spiro atoms. The van der Waals surface area contributed by atoms with Gasteiger partial charge in [0.15, 0.2) is 0 Å². The SMILES string of the molecule is Cc1ccc(F)cc1NC(=O)CC(N)C1CC1.